The predicted octanol–water partition coefficient (Wildman–Crippen LogP) is 2.38. The van der Waals surface area contributed by atoms with Gasteiger partial charge >= 0.3 is 0 Å². The molecule has 1 unspecified atom stereocenters. The number of nitrogens with two attached hydrogens (primary N) is 1. The van der Waals surface area contributed by atoms with Crippen molar-refractivity contribution in [3.05, 3.63) is 23.3 Å². The summed E-state index contributed by atoms with van der Waals surface area (Å²) in [4.78, 5) is 9.78. The molecule has 21 heavy (non-hydrogen) atoms. The quantitative estimate of drug-likeness (QED) is 0.946. The monoisotopic (exact) mass is 304 g/mol. The van der Waals surface area contributed by atoms with Gasteiger partial charge in [-0.05, 0) is 31.9 Å². The fraction of sp³-hybridized carbons (Fsp3) is 0.562. The van der Waals surface area contributed by atoms with E-state index >= 15 is 0 Å². The van der Waals surface area contributed by atoms with Crippen LogP contribution in [0.1, 0.15) is 18.1 Å². The van der Waals surface area contributed by atoms with Crippen LogP contribution >= 0.6 is 11.3 Å². The van der Waals surface area contributed by atoms with Crippen molar-refractivity contribution < 1.29 is 0 Å². The van der Waals surface area contributed by atoms with E-state index in [1.165, 1.54) is 26.5 Å². The number of rotatable bonds is 3. The third-order valence-corrected chi connectivity index (χ3v) is 5.73. The predicted molar refractivity (Wildman–Crippen MR) is 91.4 cm³/mol. The Kier molecular flexibility index (Phi) is 4.15. The zero-order chi connectivity index (χ0) is 15.0. The van der Waals surface area contributed by atoms with Crippen LogP contribution in [-0.2, 0) is 0 Å². The molecule has 0 radical (unpaired) electrons. The van der Waals surface area contributed by atoms with Crippen LogP contribution in [-0.4, -0.2) is 48.6 Å². The Bertz CT molecular complexity index is 589. The van der Waals surface area contributed by atoms with Crippen LogP contribution in [0.15, 0.2) is 12.1 Å². The van der Waals surface area contributed by atoms with Gasteiger partial charge in [0, 0.05) is 38.8 Å². The van der Waals surface area contributed by atoms with Gasteiger partial charge in [0.2, 0.25) is 0 Å². The Labute approximate surface area is 130 Å². The van der Waals surface area contributed by atoms with Crippen molar-refractivity contribution in [2.75, 3.05) is 37.6 Å². The molecule has 114 valence electrons. The first kappa shape index (κ1) is 14.8. The van der Waals surface area contributed by atoms with Crippen LogP contribution in [0.3, 0.4) is 0 Å². The molecule has 2 N–H and O–H groups in total. The number of hydrogen-bond acceptors (Lipinski definition) is 5. The largest absolute Gasteiger partial charge is 0.345 e. The summed E-state index contributed by atoms with van der Waals surface area (Å²) in [5.41, 5.74) is 9.54. The van der Waals surface area contributed by atoms with Crippen LogP contribution in [0.5, 0.6) is 0 Å². The van der Waals surface area contributed by atoms with Gasteiger partial charge in [-0.15, -0.1) is 0 Å². The number of hydrogen-bond donors (Lipinski definition) is 1. The lowest BCUT2D eigenvalue weighted by Crippen LogP contribution is -2.51. The minimum absolute atomic E-state index is 0.479. The standard InChI is InChI=1S/C16H24N4S/c1-11-4-5-12(2)15-14(11)18-16(21-15)20-8-6-19(7-9-20)13(3)10-17/h4-5,13H,6-10,17H2,1-3H3. The number of aryl methyl sites for hydroxylation is 2. The van der Waals surface area contributed by atoms with Crippen LogP contribution in [0.2, 0.25) is 0 Å². The summed E-state index contributed by atoms with van der Waals surface area (Å²) in [6.45, 7) is 11.5. The molecule has 5 heteroatoms. The maximum absolute atomic E-state index is 5.77. The third-order valence-electron chi connectivity index (χ3n) is 4.48. The van der Waals surface area contributed by atoms with E-state index in [4.69, 9.17) is 10.7 Å². The van der Waals surface area contributed by atoms with Gasteiger partial charge in [0.05, 0.1) is 10.2 Å². The average Bonchev–Trinajstić information content (AvgIpc) is 2.97. The Morgan fingerprint density at radius 2 is 1.86 bits per heavy atom. The number of nitrogens with zero attached hydrogens (tertiary/aromatic N) is 3. The van der Waals surface area contributed by atoms with Crippen molar-refractivity contribution in [2.24, 2.45) is 5.73 Å². The highest BCUT2D eigenvalue weighted by Gasteiger charge is 2.22. The van der Waals surface area contributed by atoms with Crippen LogP contribution in [0, 0.1) is 13.8 Å². The van der Waals surface area contributed by atoms with E-state index in [9.17, 15) is 0 Å². The first-order valence-corrected chi connectivity index (χ1v) is 8.47. The maximum Gasteiger partial charge on any atom is 0.186 e. The molecule has 3 rings (SSSR count). The Hall–Kier alpha value is -1.17. The summed E-state index contributed by atoms with van der Waals surface area (Å²) in [6.07, 6.45) is 0. The van der Waals surface area contributed by atoms with Gasteiger partial charge in [-0.2, -0.15) is 0 Å². The number of aromatic nitrogens is 1. The van der Waals surface area contributed by atoms with E-state index in [-0.39, 0.29) is 0 Å². The van der Waals surface area contributed by atoms with Crippen LogP contribution < -0.4 is 10.6 Å². The fourth-order valence-electron chi connectivity index (χ4n) is 2.89. The van der Waals surface area contributed by atoms with Crippen molar-refractivity contribution in [1.29, 1.82) is 0 Å². The molecule has 0 aliphatic carbocycles. The molecule has 1 atom stereocenters. The van der Waals surface area contributed by atoms with Crippen LogP contribution in [0.25, 0.3) is 10.2 Å². The second-order valence-corrected chi connectivity index (χ2v) is 6.96. The Balaban J connectivity index is 1.80. The number of thiazole rings is 1. The molecule has 1 aromatic heterocycles. The van der Waals surface area contributed by atoms with E-state index in [1.54, 1.807) is 0 Å². The topological polar surface area (TPSA) is 45.4 Å². The van der Waals surface area contributed by atoms with Gasteiger partial charge in [-0.25, -0.2) is 4.98 Å². The minimum atomic E-state index is 0.479. The zero-order valence-electron chi connectivity index (χ0n) is 13.1. The Morgan fingerprint density at radius 1 is 1.19 bits per heavy atom. The lowest BCUT2D eigenvalue weighted by molar-refractivity contribution is 0.201. The molecule has 4 nitrogen and oxygen atoms in total. The SMILES string of the molecule is Cc1ccc(C)c2sc(N3CCN(C(C)CN)CC3)nc12. The molecule has 1 aliphatic rings. The van der Waals surface area contributed by atoms with Gasteiger partial charge in [0.15, 0.2) is 5.13 Å². The number of fused-ring (bicyclic) bond motifs is 1. The molecule has 1 saturated heterocycles. The molecular weight excluding hydrogens is 280 g/mol. The smallest absolute Gasteiger partial charge is 0.186 e. The molecule has 0 bridgehead atoms. The van der Waals surface area contributed by atoms with Crippen molar-refractivity contribution in [1.82, 2.24) is 9.88 Å². The summed E-state index contributed by atoms with van der Waals surface area (Å²) in [7, 11) is 0. The highest BCUT2D eigenvalue weighted by atomic mass is 32.1. The molecule has 1 aliphatic heterocycles. The minimum Gasteiger partial charge on any atom is -0.345 e. The van der Waals surface area contributed by atoms with E-state index in [2.05, 4.69) is 42.7 Å². The average molecular weight is 304 g/mol. The maximum atomic E-state index is 5.77. The molecule has 0 amide bonds. The number of piperazine rings is 1. The molecule has 0 spiro atoms. The van der Waals surface area contributed by atoms with Gasteiger partial charge in [0.1, 0.15) is 0 Å². The lowest BCUT2D eigenvalue weighted by Gasteiger charge is -2.37. The van der Waals surface area contributed by atoms with Crippen molar-refractivity contribution in [3.8, 4) is 0 Å². The normalized spacial score (nSPS) is 18.4. The Morgan fingerprint density at radius 3 is 2.48 bits per heavy atom. The molecule has 1 fully saturated rings. The molecule has 2 aromatic rings. The first-order chi connectivity index (χ1) is 10.1. The summed E-state index contributed by atoms with van der Waals surface area (Å²) in [5.74, 6) is 0. The van der Waals surface area contributed by atoms with Crippen LogP contribution in [0.4, 0.5) is 5.13 Å². The fourth-order valence-corrected chi connectivity index (χ4v) is 4.05. The first-order valence-electron chi connectivity index (χ1n) is 7.66. The van der Waals surface area contributed by atoms with E-state index < -0.39 is 0 Å². The summed E-state index contributed by atoms with van der Waals surface area (Å²) < 4.78 is 1.34. The van der Waals surface area contributed by atoms with E-state index in [0.717, 1.165) is 32.7 Å². The second kappa shape index (κ2) is 5.91. The van der Waals surface area contributed by atoms with E-state index in [0.29, 0.717) is 6.04 Å². The third kappa shape index (κ3) is 2.78. The number of benzene rings is 1. The zero-order valence-corrected chi connectivity index (χ0v) is 13.9. The lowest BCUT2D eigenvalue weighted by atomic mass is 10.1. The molecule has 2 heterocycles. The van der Waals surface area contributed by atoms with Gasteiger partial charge in [-0.3, -0.25) is 4.90 Å². The van der Waals surface area contributed by atoms with Crippen molar-refractivity contribution >= 4 is 26.7 Å². The summed E-state index contributed by atoms with van der Waals surface area (Å²) in [5, 5.41) is 1.17. The highest BCUT2D eigenvalue weighted by Crippen LogP contribution is 2.33. The van der Waals surface area contributed by atoms with Gasteiger partial charge in [0.25, 0.3) is 0 Å². The van der Waals surface area contributed by atoms with Gasteiger partial charge in [-0.1, -0.05) is 23.5 Å². The van der Waals surface area contributed by atoms with Crippen molar-refractivity contribution in [2.45, 2.75) is 26.8 Å². The number of anilines is 1. The molecule has 1 aromatic carbocycles. The van der Waals surface area contributed by atoms with E-state index in [1.807, 2.05) is 11.3 Å². The molecule has 0 saturated carbocycles. The van der Waals surface area contributed by atoms with Gasteiger partial charge < -0.3 is 10.6 Å². The molecular formula is C16H24N4S. The summed E-state index contributed by atoms with van der Waals surface area (Å²) >= 11 is 1.83. The second-order valence-electron chi connectivity index (χ2n) is 5.98. The summed E-state index contributed by atoms with van der Waals surface area (Å²) in [6, 6.07) is 4.84. The van der Waals surface area contributed by atoms with Crippen molar-refractivity contribution in [3.63, 3.8) is 0 Å². The highest BCUT2D eigenvalue weighted by molar-refractivity contribution is 7.22.